The van der Waals surface area contributed by atoms with Crippen LogP contribution in [0.2, 0.25) is 0 Å². The quantitative estimate of drug-likeness (QED) is 0.867. The second-order valence-electron chi connectivity index (χ2n) is 5.77. The maximum Gasteiger partial charge on any atom is 0.229 e. The van der Waals surface area contributed by atoms with Gasteiger partial charge in [-0.05, 0) is 24.3 Å². The van der Waals surface area contributed by atoms with Gasteiger partial charge in [-0.2, -0.15) is 0 Å². The fourth-order valence-corrected chi connectivity index (χ4v) is 3.25. The molecule has 0 aromatic heterocycles. The normalized spacial score (nSPS) is 24.1. The third-order valence-corrected chi connectivity index (χ3v) is 4.52. The molecule has 3 unspecified atom stereocenters. The number of carbonyl (C=O) groups is 1. The summed E-state index contributed by atoms with van der Waals surface area (Å²) in [5.74, 6) is 0.488. The van der Waals surface area contributed by atoms with Crippen LogP contribution in [-0.2, 0) is 4.79 Å². The van der Waals surface area contributed by atoms with Gasteiger partial charge in [-0.1, -0.05) is 56.5 Å². The molecule has 3 atom stereocenters. The topological polar surface area (TPSA) is 55.1 Å². The molecule has 2 rings (SSSR count). The van der Waals surface area contributed by atoms with Crippen LogP contribution >= 0.6 is 0 Å². The Morgan fingerprint density at radius 2 is 2.00 bits per heavy atom. The summed E-state index contributed by atoms with van der Waals surface area (Å²) in [5.41, 5.74) is 6.83. The van der Waals surface area contributed by atoms with E-state index in [1.54, 1.807) is 0 Å². The van der Waals surface area contributed by atoms with Gasteiger partial charge in [-0.3, -0.25) is 4.79 Å². The van der Waals surface area contributed by atoms with Crippen molar-refractivity contribution in [3.05, 3.63) is 35.9 Å². The van der Waals surface area contributed by atoms with Gasteiger partial charge in [0.15, 0.2) is 0 Å². The van der Waals surface area contributed by atoms with Crippen molar-refractivity contribution >= 4 is 5.91 Å². The van der Waals surface area contributed by atoms with Crippen molar-refractivity contribution in [1.29, 1.82) is 0 Å². The molecule has 20 heavy (non-hydrogen) atoms. The minimum Gasteiger partial charge on any atom is -0.353 e. The molecule has 1 amide bonds. The number of nitrogens with two attached hydrogens (primary N) is 1. The Balaban J connectivity index is 2.02. The van der Waals surface area contributed by atoms with Crippen LogP contribution in [0.15, 0.2) is 30.3 Å². The zero-order valence-corrected chi connectivity index (χ0v) is 12.3. The van der Waals surface area contributed by atoms with Crippen LogP contribution in [0.5, 0.6) is 0 Å². The lowest BCUT2D eigenvalue weighted by Gasteiger charge is -2.32. The van der Waals surface area contributed by atoms with Crippen LogP contribution in [0.1, 0.15) is 50.5 Å². The van der Waals surface area contributed by atoms with Gasteiger partial charge in [0.2, 0.25) is 5.91 Å². The number of hydrogen-bond donors (Lipinski definition) is 2. The van der Waals surface area contributed by atoms with Gasteiger partial charge in [0, 0.05) is 12.6 Å². The molecule has 0 bridgehead atoms. The molecule has 3 N–H and O–H groups in total. The van der Waals surface area contributed by atoms with E-state index < -0.39 is 0 Å². The Bertz CT molecular complexity index is 418. The Morgan fingerprint density at radius 3 is 2.65 bits per heavy atom. The van der Waals surface area contributed by atoms with Crippen LogP contribution in [0, 0.1) is 5.92 Å². The van der Waals surface area contributed by atoms with E-state index in [-0.39, 0.29) is 11.8 Å². The predicted molar refractivity (Wildman–Crippen MR) is 82.4 cm³/mol. The first-order valence-corrected chi connectivity index (χ1v) is 7.81. The Labute approximate surface area is 121 Å². The van der Waals surface area contributed by atoms with Gasteiger partial charge in [-0.15, -0.1) is 0 Å². The standard InChI is InChI=1S/C17H26N2O/c1-2-13-8-6-7-11-16(13)19-17(20)15(12-18)14-9-4-3-5-10-14/h3-5,9-10,13,15-16H,2,6-8,11-12,18H2,1H3,(H,19,20). The van der Waals surface area contributed by atoms with Gasteiger partial charge < -0.3 is 11.1 Å². The average Bonchev–Trinajstić information content (AvgIpc) is 2.49. The number of benzene rings is 1. The first kappa shape index (κ1) is 15.0. The van der Waals surface area contributed by atoms with Crippen molar-refractivity contribution in [2.45, 2.75) is 51.0 Å². The average molecular weight is 274 g/mol. The summed E-state index contributed by atoms with van der Waals surface area (Å²) >= 11 is 0. The SMILES string of the molecule is CCC1CCCCC1NC(=O)C(CN)c1ccccc1. The number of hydrogen-bond acceptors (Lipinski definition) is 2. The molecule has 1 saturated carbocycles. The number of amides is 1. The van der Waals surface area contributed by atoms with Crippen molar-refractivity contribution in [3.8, 4) is 0 Å². The van der Waals surface area contributed by atoms with E-state index in [4.69, 9.17) is 5.73 Å². The molecular formula is C17H26N2O. The maximum atomic E-state index is 12.5. The third kappa shape index (κ3) is 3.60. The van der Waals surface area contributed by atoms with E-state index in [2.05, 4.69) is 12.2 Å². The highest BCUT2D eigenvalue weighted by Crippen LogP contribution is 2.27. The lowest BCUT2D eigenvalue weighted by Crippen LogP contribution is -2.45. The molecule has 3 heteroatoms. The maximum absolute atomic E-state index is 12.5. The monoisotopic (exact) mass is 274 g/mol. The van der Waals surface area contributed by atoms with Crippen molar-refractivity contribution in [1.82, 2.24) is 5.32 Å². The highest BCUT2D eigenvalue weighted by atomic mass is 16.2. The largest absolute Gasteiger partial charge is 0.353 e. The molecule has 1 aliphatic rings. The fraction of sp³-hybridized carbons (Fsp3) is 0.588. The predicted octanol–water partition coefficient (Wildman–Crippen LogP) is 2.81. The first-order chi connectivity index (χ1) is 9.76. The Hall–Kier alpha value is -1.35. The molecule has 110 valence electrons. The van der Waals surface area contributed by atoms with Crippen molar-refractivity contribution in [2.75, 3.05) is 6.54 Å². The Morgan fingerprint density at radius 1 is 1.30 bits per heavy atom. The molecular weight excluding hydrogens is 248 g/mol. The van der Waals surface area contributed by atoms with Crippen LogP contribution < -0.4 is 11.1 Å². The summed E-state index contributed by atoms with van der Waals surface area (Å²) in [7, 11) is 0. The van der Waals surface area contributed by atoms with E-state index in [0.29, 0.717) is 18.5 Å². The minimum absolute atomic E-state index is 0.0871. The summed E-state index contributed by atoms with van der Waals surface area (Å²) in [4.78, 5) is 12.5. The van der Waals surface area contributed by atoms with E-state index in [9.17, 15) is 4.79 Å². The highest BCUT2D eigenvalue weighted by molar-refractivity contribution is 5.84. The zero-order chi connectivity index (χ0) is 14.4. The summed E-state index contributed by atoms with van der Waals surface area (Å²) in [6.45, 7) is 2.58. The first-order valence-electron chi connectivity index (χ1n) is 7.81. The molecule has 1 aliphatic carbocycles. The van der Waals surface area contributed by atoms with Gasteiger partial charge >= 0.3 is 0 Å². The van der Waals surface area contributed by atoms with E-state index >= 15 is 0 Å². The van der Waals surface area contributed by atoms with Crippen molar-refractivity contribution in [2.24, 2.45) is 11.7 Å². The minimum atomic E-state index is -0.226. The number of carbonyl (C=O) groups excluding carboxylic acids is 1. The second-order valence-corrected chi connectivity index (χ2v) is 5.77. The molecule has 1 aromatic rings. The lowest BCUT2D eigenvalue weighted by molar-refractivity contribution is -0.123. The smallest absolute Gasteiger partial charge is 0.229 e. The van der Waals surface area contributed by atoms with Crippen LogP contribution in [0.4, 0.5) is 0 Å². The van der Waals surface area contributed by atoms with Gasteiger partial charge in [0.05, 0.1) is 5.92 Å². The molecule has 0 aliphatic heterocycles. The van der Waals surface area contributed by atoms with Crippen LogP contribution in [-0.4, -0.2) is 18.5 Å². The Kier molecular flexibility index (Phi) is 5.60. The van der Waals surface area contributed by atoms with Gasteiger partial charge in [-0.25, -0.2) is 0 Å². The summed E-state index contributed by atoms with van der Waals surface area (Å²) < 4.78 is 0. The van der Waals surface area contributed by atoms with Gasteiger partial charge in [0.25, 0.3) is 0 Å². The fourth-order valence-electron chi connectivity index (χ4n) is 3.25. The molecule has 3 nitrogen and oxygen atoms in total. The molecule has 0 saturated heterocycles. The third-order valence-electron chi connectivity index (χ3n) is 4.52. The van der Waals surface area contributed by atoms with E-state index in [1.165, 1.54) is 19.3 Å². The highest BCUT2D eigenvalue weighted by Gasteiger charge is 2.27. The van der Waals surface area contributed by atoms with Crippen molar-refractivity contribution in [3.63, 3.8) is 0 Å². The van der Waals surface area contributed by atoms with E-state index in [1.807, 2.05) is 30.3 Å². The number of rotatable bonds is 5. The molecule has 1 aromatic carbocycles. The lowest BCUT2D eigenvalue weighted by atomic mass is 9.82. The molecule has 0 radical (unpaired) electrons. The van der Waals surface area contributed by atoms with Gasteiger partial charge in [0.1, 0.15) is 0 Å². The molecule has 0 spiro atoms. The molecule has 1 fully saturated rings. The summed E-state index contributed by atoms with van der Waals surface area (Å²) in [6, 6.07) is 10.2. The zero-order valence-electron chi connectivity index (χ0n) is 12.3. The van der Waals surface area contributed by atoms with Crippen LogP contribution in [0.3, 0.4) is 0 Å². The molecule has 0 heterocycles. The van der Waals surface area contributed by atoms with Crippen LogP contribution in [0.25, 0.3) is 0 Å². The summed E-state index contributed by atoms with van der Waals surface area (Å²) in [5, 5.41) is 3.25. The van der Waals surface area contributed by atoms with Crippen molar-refractivity contribution < 1.29 is 4.79 Å². The summed E-state index contributed by atoms with van der Waals surface area (Å²) in [6.07, 6.45) is 6.00. The number of nitrogens with one attached hydrogen (secondary N) is 1. The second kappa shape index (κ2) is 7.44. The van der Waals surface area contributed by atoms with E-state index in [0.717, 1.165) is 18.4 Å².